The number of esters is 2. The van der Waals surface area contributed by atoms with E-state index >= 15 is 0 Å². The fourth-order valence-corrected chi connectivity index (χ4v) is 5.32. The molecule has 3 aromatic rings. The maximum atomic E-state index is 12.9. The van der Waals surface area contributed by atoms with Crippen LogP contribution in [0.3, 0.4) is 0 Å². The van der Waals surface area contributed by atoms with E-state index in [2.05, 4.69) is 13.8 Å². The Bertz CT molecular complexity index is 1300. The Morgan fingerprint density at radius 3 is 1.43 bits per heavy atom. The number of hydrogen-bond donors (Lipinski definition) is 0. The zero-order valence-corrected chi connectivity index (χ0v) is 29.0. The quantitative estimate of drug-likeness (QED) is 0.0549. The highest BCUT2D eigenvalue weighted by Gasteiger charge is 2.14. The van der Waals surface area contributed by atoms with E-state index in [1.165, 1.54) is 77.0 Å². The third kappa shape index (κ3) is 15.1. The fourth-order valence-electron chi connectivity index (χ4n) is 5.32. The Balaban J connectivity index is 1.36. The zero-order valence-electron chi connectivity index (χ0n) is 29.0. The van der Waals surface area contributed by atoms with Crippen molar-refractivity contribution in [3.8, 4) is 23.0 Å². The Kier molecular flexibility index (Phi) is 18.2. The van der Waals surface area contributed by atoms with Crippen LogP contribution in [0.4, 0.5) is 0 Å². The molecule has 3 rings (SSSR count). The summed E-state index contributed by atoms with van der Waals surface area (Å²) in [4.78, 5) is 25.5. The highest BCUT2D eigenvalue weighted by atomic mass is 16.5. The molecule has 0 unspecified atom stereocenters. The van der Waals surface area contributed by atoms with Crippen LogP contribution in [0, 0.1) is 6.92 Å². The summed E-state index contributed by atoms with van der Waals surface area (Å²) in [7, 11) is 0. The van der Waals surface area contributed by atoms with Crippen molar-refractivity contribution in [1.82, 2.24) is 0 Å². The Morgan fingerprint density at radius 1 is 0.468 bits per heavy atom. The summed E-state index contributed by atoms with van der Waals surface area (Å²) in [6.45, 7) is 7.73. The van der Waals surface area contributed by atoms with E-state index in [9.17, 15) is 9.59 Å². The predicted octanol–water partition coefficient (Wildman–Crippen LogP) is 11.5. The Labute approximate surface area is 283 Å². The molecule has 0 spiro atoms. The summed E-state index contributed by atoms with van der Waals surface area (Å²) < 4.78 is 22.9. The smallest absolute Gasteiger partial charge is 0.343 e. The number of carbonyl (C=O) groups excluding carboxylic acids is 2. The van der Waals surface area contributed by atoms with E-state index in [0.717, 1.165) is 37.0 Å². The number of aryl methyl sites for hydroxylation is 1. The fraction of sp³-hybridized carbons (Fsp3) is 0.512. The molecule has 6 heteroatoms. The highest BCUT2D eigenvalue weighted by Crippen LogP contribution is 2.23. The summed E-state index contributed by atoms with van der Waals surface area (Å²) >= 11 is 0. The van der Waals surface area contributed by atoms with Crippen molar-refractivity contribution < 1.29 is 28.5 Å². The van der Waals surface area contributed by atoms with Crippen molar-refractivity contribution in [1.29, 1.82) is 0 Å². The molecule has 0 aromatic heterocycles. The zero-order chi connectivity index (χ0) is 33.5. The maximum Gasteiger partial charge on any atom is 0.343 e. The monoisotopic (exact) mass is 644 g/mol. The van der Waals surface area contributed by atoms with Gasteiger partial charge in [0.05, 0.1) is 24.3 Å². The second-order valence-corrected chi connectivity index (χ2v) is 12.4. The molecule has 0 aliphatic rings. The third-order valence-corrected chi connectivity index (χ3v) is 8.28. The van der Waals surface area contributed by atoms with Crippen LogP contribution >= 0.6 is 0 Å². The number of ether oxygens (including phenoxy) is 4. The molecular weight excluding hydrogens is 588 g/mol. The lowest BCUT2D eigenvalue weighted by Gasteiger charge is -2.11. The van der Waals surface area contributed by atoms with Crippen LogP contribution in [0.15, 0.2) is 66.7 Å². The summed E-state index contributed by atoms with van der Waals surface area (Å²) in [5.74, 6) is 1.24. The van der Waals surface area contributed by atoms with Crippen LogP contribution in [0.5, 0.6) is 23.0 Å². The van der Waals surface area contributed by atoms with E-state index in [4.69, 9.17) is 18.9 Å². The van der Waals surface area contributed by atoms with E-state index < -0.39 is 11.9 Å². The van der Waals surface area contributed by atoms with E-state index in [-0.39, 0.29) is 0 Å². The Hall–Kier alpha value is -3.80. The normalized spacial score (nSPS) is 10.9. The largest absolute Gasteiger partial charge is 0.494 e. The first-order chi connectivity index (χ1) is 23.0. The van der Waals surface area contributed by atoms with Crippen LogP contribution in [-0.2, 0) is 0 Å². The molecule has 0 amide bonds. The van der Waals surface area contributed by atoms with Gasteiger partial charge < -0.3 is 18.9 Å². The van der Waals surface area contributed by atoms with Crippen molar-refractivity contribution in [3.63, 3.8) is 0 Å². The van der Waals surface area contributed by atoms with Gasteiger partial charge >= 0.3 is 11.9 Å². The molecule has 0 aliphatic heterocycles. The minimum Gasteiger partial charge on any atom is -0.494 e. The first-order valence-corrected chi connectivity index (χ1v) is 18.0. The van der Waals surface area contributed by atoms with Crippen LogP contribution < -0.4 is 18.9 Å². The third-order valence-electron chi connectivity index (χ3n) is 8.28. The average Bonchev–Trinajstić information content (AvgIpc) is 3.08. The highest BCUT2D eigenvalue weighted by molar-refractivity contribution is 5.93. The SMILES string of the molecule is CCCCCCCCCCCCCCOc1cc(C(=O)Oc2ccc(C(=O)Oc3ccc(OCCCCCC)cc3)cc2)ccc1C. The molecule has 0 heterocycles. The first-order valence-electron chi connectivity index (χ1n) is 18.0. The van der Waals surface area contributed by atoms with E-state index in [1.807, 2.05) is 13.0 Å². The van der Waals surface area contributed by atoms with Gasteiger partial charge in [-0.1, -0.05) is 110 Å². The van der Waals surface area contributed by atoms with Crippen LogP contribution in [0.25, 0.3) is 0 Å². The van der Waals surface area contributed by atoms with Crippen molar-refractivity contribution in [3.05, 3.63) is 83.4 Å². The molecule has 0 saturated carbocycles. The van der Waals surface area contributed by atoms with Gasteiger partial charge in [0.1, 0.15) is 23.0 Å². The van der Waals surface area contributed by atoms with Gasteiger partial charge in [0.25, 0.3) is 0 Å². The molecule has 0 radical (unpaired) electrons. The summed E-state index contributed by atoms with van der Waals surface area (Å²) in [5.41, 5.74) is 1.75. The van der Waals surface area contributed by atoms with E-state index in [0.29, 0.717) is 41.6 Å². The van der Waals surface area contributed by atoms with Gasteiger partial charge in [-0.2, -0.15) is 0 Å². The van der Waals surface area contributed by atoms with Crippen LogP contribution in [0.2, 0.25) is 0 Å². The second kappa shape index (κ2) is 22.7. The van der Waals surface area contributed by atoms with Crippen LogP contribution in [0.1, 0.15) is 143 Å². The van der Waals surface area contributed by atoms with Gasteiger partial charge in [-0.3, -0.25) is 0 Å². The summed E-state index contributed by atoms with van der Waals surface area (Å²) in [6.07, 6.45) is 20.2. The molecule has 47 heavy (non-hydrogen) atoms. The van der Waals surface area contributed by atoms with E-state index in [1.54, 1.807) is 60.7 Å². The van der Waals surface area contributed by atoms with Gasteiger partial charge in [-0.25, -0.2) is 9.59 Å². The molecule has 0 N–H and O–H groups in total. The number of hydrogen-bond acceptors (Lipinski definition) is 6. The molecule has 0 fully saturated rings. The minimum atomic E-state index is -0.496. The molecule has 0 bridgehead atoms. The molecule has 0 atom stereocenters. The van der Waals surface area contributed by atoms with Gasteiger partial charge in [-0.15, -0.1) is 0 Å². The van der Waals surface area contributed by atoms with Crippen molar-refractivity contribution in [2.75, 3.05) is 13.2 Å². The Morgan fingerprint density at radius 2 is 0.872 bits per heavy atom. The molecule has 0 aliphatic carbocycles. The molecule has 3 aromatic carbocycles. The lowest BCUT2D eigenvalue weighted by molar-refractivity contribution is 0.0730. The van der Waals surface area contributed by atoms with Gasteiger partial charge in [0, 0.05) is 0 Å². The van der Waals surface area contributed by atoms with Crippen molar-refractivity contribution in [2.24, 2.45) is 0 Å². The minimum absolute atomic E-state index is 0.339. The second-order valence-electron chi connectivity index (χ2n) is 12.4. The summed E-state index contributed by atoms with van der Waals surface area (Å²) in [6, 6.07) is 18.7. The number of rotatable bonds is 24. The van der Waals surface area contributed by atoms with Gasteiger partial charge in [0.2, 0.25) is 0 Å². The number of unbranched alkanes of at least 4 members (excludes halogenated alkanes) is 14. The van der Waals surface area contributed by atoms with Gasteiger partial charge in [-0.05, 0) is 86.0 Å². The number of carbonyl (C=O) groups is 2. The van der Waals surface area contributed by atoms with Crippen molar-refractivity contribution in [2.45, 2.75) is 124 Å². The molecule has 256 valence electrons. The predicted molar refractivity (Wildman–Crippen MR) is 190 cm³/mol. The molecule has 0 saturated heterocycles. The average molecular weight is 645 g/mol. The number of benzene rings is 3. The van der Waals surface area contributed by atoms with Crippen molar-refractivity contribution >= 4 is 11.9 Å². The topological polar surface area (TPSA) is 71.1 Å². The van der Waals surface area contributed by atoms with Crippen LogP contribution in [-0.4, -0.2) is 25.2 Å². The maximum absolute atomic E-state index is 12.9. The molecule has 6 nitrogen and oxygen atoms in total. The lowest BCUT2D eigenvalue weighted by Crippen LogP contribution is -2.11. The first kappa shape index (κ1) is 37.7. The summed E-state index contributed by atoms with van der Waals surface area (Å²) in [5, 5.41) is 0. The standard InChI is InChI=1S/C41H56O6/c1-4-6-8-10-11-12-13-14-15-16-17-19-31-45-39-32-35(21-20-33(39)3)41(43)47-37-24-22-34(23-25-37)40(42)46-38-28-26-36(27-29-38)44-30-18-9-7-5-2/h20-29,32H,4-19,30-31H2,1-3H3. The van der Waals surface area contributed by atoms with Gasteiger partial charge in [0.15, 0.2) is 0 Å². The molecular formula is C41H56O6. The lowest BCUT2D eigenvalue weighted by atomic mass is 10.1.